The molecule has 2 aromatic heterocycles. The highest BCUT2D eigenvalue weighted by Gasteiger charge is 2.07. The van der Waals surface area contributed by atoms with Gasteiger partial charge in [-0.25, -0.2) is 0 Å². The Morgan fingerprint density at radius 2 is 2.31 bits per heavy atom. The van der Waals surface area contributed by atoms with Gasteiger partial charge in [-0.15, -0.1) is 10.2 Å². The van der Waals surface area contributed by atoms with Gasteiger partial charge in [0.25, 0.3) is 0 Å². The second kappa shape index (κ2) is 5.37. The second-order valence-electron chi connectivity index (χ2n) is 3.35. The van der Waals surface area contributed by atoms with Crippen molar-refractivity contribution in [1.29, 1.82) is 0 Å². The molecule has 0 aliphatic carbocycles. The van der Waals surface area contributed by atoms with Crippen molar-refractivity contribution in [2.24, 2.45) is 0 Å². The van der Waals surface area contributed by atoms with Crippen LogP contribution in [0, 0.1) is 0 Å². The number of aromatic nitrogens is 3. The lowest BCUT2D eigenvalue weighted by atomic mass is 10.3. The van der Waals surface area contributed by atoms with E-state index in [1.54, 1.807) is 12.4 Å². The molecule has 0 aromatic carbocycles. The SMILES string of the molecule is CCNCCc1nnc(-c2cccnc2)o1. The summed E-state index contributed by atoms with van der Waals surface area (Å²) in [4.78, 5) is 4.01. The summed E-state index contributed by atoms with van der Waals surface area (Å²) in [7, 11) is 0. The maximum atomic E-state index is 5.51. The summed E-state index contributed by atoms with van der Waals surface area (Å²) in [5.74, 6) is 1.18. The molecule has 5 nitrogen and oxygen atoms in total. The van der Waals surface area contributed by atoms with Crippen molar-refractivity contribution < 1.29 is 4.42 Å². The minimum absolute atomic E-state index is 0.527. The van der Waals surface area contributed by atoms with Crippen LogP contribution in [0.4, 0.5) is 0 Å². The number of nitrogens with one attached hydrogen (secondary N) is 1. The van der Waals surface area contributed by atoms with E-state index in [1.807, 2.05) is 12.1 Å². The standard InChI is InChI=1S/C11H14N4O/c1-2-12-7-5-10-14-15-11(16-10)9-4-3-6-13-8-9/h3-4,6,8,12H,2,5,7H2,1H3. The van der Waals surface area contributed by atoms with Gasteiger partial charge in [0.2, 0.25) is 11.8 Å². The van der Waals surface area contributed by atoms with Gasteiger partial charge in [-0.2, -0.15) is 0 Å². The molecule has 84 valence electrons. The zero-order valence-electron chi connectivity index (χ0n) is 9.18. The third kappa shape index (κ3) is 2.64. The first-order valence-corrected chi connectivity index (χ1v) is 5.33. The average molecular weight is 218 g/mol. The predicted octanol–water partition coefficient (Wildman–Crippen LogP) is 1.28. The third-order valence-electron chi connectivity index (χ3n) is 2.14. The Bertz CT molecular complexity index is 427. The molecule has 0 fully saturated rings. The van der Waals surface area contributed by atoms with Gasteiger partial charge in [0.15, 0.2) is 0 Å². The van der Waals surface area contributed by atoms with E-state index in [4.69, 9.17) is 4.42 Å². The number of hydrogen-bond donors (Lipinski definition) is 1. The second-order valence-corrected chi connectivity index (χ2v) is 3.35. The van der Waals surface area contributed by atoms with E-state index in [9.17, 15) is 0 Å². The summed E-state index contributed by atoms with van der Waals surface area (Å²) in [6.45, 7) is 3.86. The van der Waals surface area contributed by atoms with Gasteiger partial charge in [-0.1, -0.05) is 6.92 Å². The van der Waals surface area contributed by atoms with Crippen molar-refractivity contribution in [1.82, 2.24) is 20.5 Å². The predicted molar refractivity (Wildman–Crippen MR) is 59.8 cm³/mol. The molecule has 16 heavy (non-hydrogen) atoms. The van der Waals surface area contributed by atoms with Crippen LogP contribution in [0.1, 0.15) is 12.8 Å². The van der Waals surface area contributed by atoms with E-state index >= 15 is 0 Å². The average Bonchev–Trinajstić information content (AvgIpc) is 2.79. The van der Waals surface area contributed by atoms with Crippen LogP contribution in [-0.2, 0) is 6.42 Å². The normalized spacial score (nSPS) is 10.6. The van der Waals surface area contributed by atoms with Crippen LogP contribution in [0.5, 0.6) is 0 Å². The van der Waals surface area contributed by atoms with Crippen LogP contribution >= 0.6 is 0 Å². The molecule has 0 atom stereocenters. The van der Waals surface area contributed by atoms with E-state index in [2.05, 4.69) is 27.4 Å². The fraction of sp³-hybridized carbons (Fsp3) is 0.364. The first-order valence-electron chi connectivity index (χ1n) is 5.33. The minimum Gasteiger partial charge on any atom is -0.421 e. The minimum atomic E-state index is 0.527. The molecule has 0 spiro atoms. The number of rotatable bonds is 5. The summed E-state index contributed by atoms with van der Waals surface area (Å²) in [6.07, 6.45) is 4.18. The number of pyridine rings is 1. The number of hydrogen-bond acceptors (Lipinski definition) is 5. The molecule has 0 aliphatic heterocycles. The van der Waals surface area contributed by atoms with E-state index in [0.717, 1.165) is 25.1 Å². The number of nitrogens with zero attached hydrogens (tertiary/aromatic N) is 3. The van der Waals surface area contributed by atoms with Gasteiger partial charge in [0, 0.05) is 25.4 Å². The quantitative estimate of drug-likeness (QED) is 0.766. The smallest absolute Gasteiger partial charge is 0.249 e. The first-order chi connectivity index (χ1) is 7.90. The van der Waals surface area contributed by atoms with Gasteiger partial charge in [0.1, 0.15) is 0 Å². The molecule has 0 aliphatic rings. The maximum Gasteiger partial charge on any atom is 0.249 e. The molecule has 0 unspecified atom stereocenters. The van der Waals surface area contributed by atoms with Crippen LogP contribution in [0.3, 0.4) is 0 Å². The molecule has 0 radical (unpaired) electrons. The highest BCUT2D eigenvalue weighted by Crippen LogP contribution is 2.15. The largest absolute Gasteiger partial charge is 0.421 e. The van der Waals surface area contributed by atoms with Crippen molar-refractivity contribution >= 4 is 0 Å². The van der Waals surface area contributed by atoms with Crippen LogP contribution in [0.2, 0.25) is 0 Å². The molecule has 5 heteroatoms. The summed E-state index contributed by atoms with van der Waals surface area (Å²) in [5.41, 5.74) is 0.852. The maximum absolute atomic E-state index is 5.51. The highest BCUT2D eigenvalue weighted by molar-refractivity contribution is 5.49. The number of likely N-dealkylation sites (N-methyl/N-ethyl adjacent to an activating group) is 1. The van der Waals surface area contributed by atoms with E-state index in [-0.39, 0.29) is 0 Å². The van der Waals surface area contributed by atoms with Crippen LogP contribution in [0.25, 0.3) is 11.5 Å². The molecule has 0 saturated carbocycles. The van der Waals surface area contributed by atoms with Gasteiger partial charge < -0.3 is 9.73 Å². The molecular formula is C11H14N4O. The molecular weight excluding hydrogens is 204 g/mol. The Morgan fingerprint density at radius 3 is 3.06 bits per heavy atom. The Hall–Kier alpha value is -1.75. The van der Waals surface area contributed by atoms with Crippen molar-refractivity contribution in [2.45, 2.75) is 13.3 Å². The van der Waals surface area contributed by atoms with E-state index < -0.39 is 0 Å². The topological polar surface area (TPSA) is 63.8 Å². The summed E-state index contributed by atoms with van der Waals surface area (Å²) >= 11 is 0. The molecule has 2 rings (SSSR count). The lowest BCUT2D eigenvalue weighted by molar-refractivity contribution is 0.496. The van der Waals surface area contributed by atoms with Gasteiger partial charge in [-0.05, 0) is 18.7 Å². The summed E-state index contributed by atoms with van der Waals surface area (Å²) in [6, 6.07) is 3.74. The van der Waals surface area contributed by atoms with Crippen LogP contribution in [-0.4, -0.2) is 28.3 Å². The zero-order valence-corrected chi connectivity index (χ0v) is 9.18. The monoisotopic (exact) mass is 218 g/mol. The summed E-state index contributed by atoms with van der Waals surface area (Å²) < 4.78 is 5.51. The molecule has 2 aromatic rings. The Kier molecular flexibility index (Phi) is 3.61. The van der Waals surface area contributed by atoms with Gasteiger partial charge >= 0.3 is 0 Å². The van der Waals surface area contributed by atoms with Crippen LogP contribution in [0.15, 0.2) is 28.9 Å². The van der Waals surface area contributed by atoms with Gasteiger partial charge in [-0.3, -0.25) is 4.98 Å². The van der Waals surface area contributed by atoms with Crippen molar-refractivity contribution in [2.75, 3.05) is 13.1 Å². The van der Waals surface area contributed by atoms with E-state index in [1.165, 1.54) is 0 Å². The Balaban J connectivity index is 2.02. The van der Waals surface area contributed by atoms with Crippen molar-refractivity contribution in [3.8, 4) is 11.5 Å². The fourth-order valence-electron chi connectivity index (χ4n) is 1.33. The summed E-state index contributed by atoms with van der Waals surface area (Å²) in [5, 5.41) is 11.2. The molecule has 0 amide bonds. The first kappa shape index (κ1) is 10.8. The van der Waals surface area contributed by atoms with Crippen molar-refractivity contribution in [3.05, 3.63) is 30.4 Å². The Labute approximate surface area is 93.9 Å². The molecule has 2 heterocycles. The lowest BCUT2D eigenvalue weighted by Crippen LogP contribution is -2.16. The highest BCUT2D eigenvalue weighted by atomic mass is 16.4. The van der Waals surface area contributed by atoms with E-state index in [0.29, 0.717) is 11.8 Å². The Morgan fingerprint density at radius 1 is 1.38 bits per heavy atom. The molecule has 0 bridgehead atoms. The molecule has 1 N–H and O–H groups in total. The fourth-order valence-corrected chi connectivity index (χ4v) is 1.33. The zero-order chi connectivity index (χ0) is 11.2. The lowest BCUT2D eigenvalue weighted by Gasteiger charge is -1.96. The third-order valence-corrected chi connectivity index (χ3v) is 2.14. The van der Waals surface area contributed by atoms with Crippen molar-refractivity contribution in [3.63, 3.8) is 0 Å². The molecule has 0 saturated heterocycles. The van der Waals surface area contributed by atoms with Gasteiger partial charge in [0.05, 0.1) is 5.56 Å². The van der Waals surface area contributed by atoms with Crippen LogP contribution < -0.4 is 5.32 Å².